The smallest absolute Gasteiger partial charge is 0.253 e. The summed E-state index contributed by atoms with van der Waals surface area (Å²) in [6.45, 7) is 4.35. The predicted molar refractivity (Wildman–Crippen MR) is 103 cm³/mol. The van der Waals surface area contributed by atoms with Gasteiger partial charge in [0.1, 0.15) is 5.82 Å². The van der Waals surface area contributed by atoms with Crippen LogP contribution in [0, 0.1) is 5.82 Å². The van der Waals surface area contributed by atoms with Gasteiger partial charge in [0.2, 0.25) is 5.91 Å². The Kier molecular flexibility index (Phi) is 9.23. The number of rotatable bonds is 10. The molecule has 0 saturated heterocycles. The summed E-state index contributed by atoms with van der Waals surface area (Å²) in [5.41, 5.74) is 0.412. The van der Waals surface area contributed by atoms with Gasteiger partial charge in [0.15, 0.2) is 0 Å². The predicted octanol–water partition coefficient (Wildman–Crippen LogP) is 2.13. The Hall–Kier alpha value is -1.99. The van der Waals surface area contributed by atoms with Crippen LogP contribution in [0.4, 0.5) is 10.1 Å². The van der Waals surface area contributed by atoms with Gasteiger partial charge in [-0.05, 0) is 72.3 Å². The molecule has 0 fully saturated rings. The zero-order valence-corrected chi connectivity index (χ0v) is 16.5. The largest absolute Gasteiger partial charge is 0.339 e. The van der Waals surface area contributed by atoms with Gasteiger partial charge in [0.05, 0.1) is 5.69 Å². The molecule has 26 heavy (non-hydrogen) atoms. The van der Waals surface area contributed by atoms with Crippen molar-refractivity contribution in [3.63, 3.8) is 0 Å². The van der Waals surface area contributed by atoms with Gasteiger partial charge in [0, 0.05) is 25.6 Å². The summed E-state index contributed by atoms with van der Waals surface area (Å²) < 4.78 is 13.8. The van der Waals surface area contributed by atoms with Gasteiger partial charge in [-0.2, -0.15) is 0 Å². The number of anilines is 1. The lowest BCUT2D eigenvalue weighted by atomic mass is 10.1. The van der Waals surface area contributed by atoms with Crippen LogP contribution in [-0.2, 0) is 4.79 Å². The molecular formula is C19H31FN4O2. The highest BCUT2D eigenvalue weighted by atomic mass is 19.1. The maximum absolute atomic E-state index is 13.8. The number of amides is 2. The molecule has 0 heterocycles. The van der Waals surface area contributed by atoms with Crippen LogP contribution >= 0.6 is 0 Å². The number of carbonyl (C=O) groups excluding carboxylic acids is 2. The average Bonchev–Trinajstić information content (AvgIpc) is 2.53. The van der Waals surface area contributed by atoms with Crippen LogP contribution in [0.25, 0.3) is 0 Å². The van der Waals surface area contributed by atoms with Crippen LogP contribution in [0.5, 0.6) is 0 Å². The molecule has 1 N–H and O–H groups in total. The molecule has 0 saturated carbocycles. The summed E-state index contributed by atoms with van der Waals surface area (Å²) in [5.74, 6) is -1.07. The molecule has 0 atom stereocenters. The van der Waals surface area contributed by atoms with Crippen LogP contribution in [0.2, 0.25) is 0 Å². The minimum Gasteiger partial charge on any atom is -0.339 e. The molecule has 1 aromatic rings. The average molecular weight is 366 g/mol. The first-order valence-electron chi connectivity index (χ1n) is 8.86. The fourth-order valence-electron chi connectivity index (χ4n) is 2.60. The molecule has 0 unspecified atom stereocenters. The Labute approximate surface area is 155 Å². The van der Waals surface area contributed by atoms with Crippen molar-refractivity contribution in [1.29, 1.82) is 0 Å². The van der Waals surface area contributed by atoms with E-state index in [-0.39, 0.29) is 17.5 Å². The highest BCUT2D eigenvalue weighted by Gasteiger charge is 2.17. The van der Waals surface area contributed by atoms with Gasteiger partial charge < -0.3 is 20.0 Å². The van der Waals surface area contributed by atoms with Crippen molar-refractivity contribution in [2.75, 3.05) is 59.7 Å². The van der Waals surface area contributed by atoms with Crippen molar-refractivity contribution in [2.45, 2.75) is 19.8 Å². The Morgan fingerprint density at radius 3 is 1.96 bits per heavy atom. The highest BCUT2D eigenvalue weighted by molar-refractivity contribution is 5.96. The highest BCUT2D eigenvalue weighted by Crippen LogP contribution is 2.18. The molecule has 0 spiro atoms. The van der Waals surface area contributed by atoms with E-state index in [1.165, 1.54) is 25.1 Å². The van der Waals surface area contributed by atoms with Crippen LogP contribution in [-0.4, -0.2) is 80.9 Å². The van der Waals surface area contributed by atoms with Gasteiger partial charge in [-0.3, -0.25) is 9.59 Å². The number of halogens is 1. The summed E-state index contributed by atoms with van der Waals surface area (Å²) in [5, 5.41) is 2.43. The van der Waals surface area contributed by atoms with Crippen LogP contribution in [0.15, 0.2) is 18.2 Å². The van der Waals surface area contributed by atoms with Gasteiger partial charge in [-0.1, -0.05) is 0 Å². The first-order chi connectivity index (χ1) is 12.2. The third-order valence-electron chi connectivity index (χ3n) is 3.88. The zero-order chi connectivity index (χ0) is 19.7. The van der Waals surface area contributed by atoms with E-state index in [1.807, 2.05) is 28.2 Å². The first-order valence-corrected chi connectivity index (χ1v) is 8.86. The van der Waals surface area contributed by atoms with Crippen molar-refractivity contribution in [3.8, 4) is 0 Å². The van der Waals surface area contributed by atoms with E-state index < -0.39 is 5.82 Å². The number of benzene rings is 1. The fraction of sp³-hybridized carbons (Fsp3) is 0.579. The number of carbonyl (C=O) groups is 2. The maximum atomic E-state index is 13.8. The number of hydrogen-bond acceptors (Lipinski definition) is 4. The van der Waals surface area contributed by atoms with Crippen molar-refractivity contribution in [3.05, 3.63) is 29.6 Å². The minimum atomic E-state index is -0.552. The van der Waals surface area contributed by atoms with Gasteiger partial charge in [0.25, 0.3) is 5.91 Å². The molecule has 0 aliphatic heterocycles. The number of nitrogens with zero attached hydrogens (tertiary/aromatic N) is 3. The lowest BCUT2D eigenvalue weighted by molar-refractivity contribution is -0.114. The quantitative estimate of drug-likeness (QED) is 0.689. The van der Waals surface area contributed by atoms with Gasteiger partial charge >= 0.3 is 0 Å². The fourth-order valence-corrected chi connectivity index (χ4v) is 2.60. The van der Waals surface area contributed by atoms with E-state index in [9.17, 15) is 14.0 Å². The number of hydrogen-bond donors (Lipinski definition) is 1. The lowest BCUT2D eigenvalue weighted by Gasteiger charge is -2.24. The van der Waals surface area contributed by atoms with E-state index in [1.54, 1.807) is 4.90 Å². The maximum Gasteiger partial charge on any atom is 0.253 e. The Bertz CT molecular complexity index is 591. The van der Waals surface area contributed by atoms with Crippen molar-refractivity contribution >= 4 is 17.5 Å². The van der Waals surface area contributed by atoms with E-state index in [4.69, 9.17) is 0 Å². The topological polar surface area (TPSA) is 55.9 Å². The van der Waals surface area contributed by atoms with E-state index in [0.717, 1.165) is 25.9 Å². The summed E-state index contributed by atoms with van der Waals surface area (Å²) in [7, 11) is 7.99. The molecule has 146 valence electrons. The molecule has 2 amide bonds. The number of nitrogens with one attached hydrogen (secondary N) is 1. The van der Waals surface area contributed by atoms with Crippen LogP contribution in [0.3, 0.4) is 0 Å². The van der Waals surface area contributed by atoms with Crippen molar-refractivity contribution < 1.29 is 14.0 Å². The van der Waals surface area contributed by atoms with Crippen LogP contribution in [0.1, 0.15) is 30.1 Å². The summed E-state index contributed by atoms with van der Waals surface area (Å²) in [6.07, 6.45) is 1.72. The summed E-state index contributed by atoms with van der Waals surface area (Å²) in [4.78, 5) is 30.1. The second-order valence-corrected chi connectivity index (χ2v) is 6.98. The Balaban J connectivity index is 2.89. The summed E-state index contributed by atoms with van der Waals surface area (Å²) >= 11 is 0. The van der Waals surface area contributed by atoms with Crippen molar-refractivity contribution in [1.82, 2.24) is 14.7 Å². The SMILES string of the molecule is CC(=O)Nc1cc(C(=O)N(CCCN(C)C)CCCN(C)C)ccc1F. The minimum absolute atomic E-state index is 0.0323. The first kappa shape index (κ1) is 22.1. The third kappa shape index (κ3) is 7.93. The molecule has 1 rings (SSSR count). The van der Waals surface area contributed by atoms with Gasteiger partial charge in [-0.15, -0.1) is 0 Å². The monoisotopic (exact) mass is 366 g/mol. The molecule has 7 heteroatoms. The molecule has 6 nitrogen and oxygen atoms in total. The third-order valence-corrected chi connectivity index (χ3v) is 3.88. The summed E-state index contributed by atoms with van der Waals surface area (Å²) in [6, 6.07) is 4.09. The second kappa shape index (κ2) is 10.9. The van der Waals surface area contributed by atoms with E-state index in [0.29, 0.717) is 18.7 Å². The van der Waals surface area contributed by atoms with E-state index in [2.05, 4.69) is 15.1 Å². The standard InChI is InChI=1S/C19H31FN4O2/c1-15(25)21-18-14-16(8-9-17(18)20)19(26)24(12-6-10-22(2)3)13-7-11-23(4)5/h8-9,14H,6-7,10-13H2,1-5H3,(H,21,25). The van der Waals surface area contributed by atoms with Crippen LogP contribution < -0.4 is 5.32 Å². The molecule has 0 aliphatic carbocycles. The lowest BCUT2D eigenvalue weighted by Crippen LogP contribution is -2.35. The second-order valence-electron chi connectivity index (χ2n) is 6.98. The van der Waals surface area contributed by atoms with Gasteiger partial charge in [-0.25, -0.2) is 4.39 Å². The normalized spacial score (nSPS) is 11.1. The zero-order valence-electron chi connectivity index (χ0n) is 16.5. The van der Waals surface area contributed by atoms with Crippen molar-refractivity contribution in [2.24, 2.45) is 0 Å². The molecule has 0 bridgehead atoms. The Morgan fingerprint density at radius 2 is 1.50 bits per heavy atom. The molecular weight excluding hydrogens is 335 g/mol. The Morgan fingerprint density at radius 1 is 0.962 bits per heavy atom. The molecule has 1 aromatic carbocycles. The van der Waals surface area contributed by atoms with E-state index >= 15 is 0 Å². The molecule has 0 aromatic heterocycles. The molecule has 0 radical (unpaired) electrons. The molecule has 0 aliphatic rings.